The SMILES string of the molecule is Cc1ccc(OCCCNC(=O)C(NC(=O)CNC(=O)Cc2cc(F)cc(P)c2)c2ccccc2)cc1. The number of rotatable bonds is 12. The quantitative estimate of drug-likeness (QED) is 0.251. The molecule has 0 spiro atoms. The molecule has 0 fully saturated rings. The Balaban J connectivity index is 1.48. The highest BCUT2D eigenvalue weighted by Gasteiger charge is 2.22. The zero-order valence-corrected chi connectivity index (χ0v) is 21.8. The zero-order valence-electron chi connectivity index (χ0n) is 20.6. The van der Waals surface area contributed by atoms with Gasteiger partial charge in [0.1, 0.15) is 17.6 Å². The fraction of sp³-hybridized carbons (Fsp3) is 0.250. The van der Waals surface area contributed by atoms with Gasteiger partial charge in [-0.3, -0.25) is 14.4 Å². The van der Waals surface area contributed by atoms with Crippen molar-refractivity contribution in [3.05, 3.63) is 95.3 Å². The molecule has 2 unspecified atom stereocenters. The van der Waals surface area contributed by atoms with Crippen LogP contribution < -0.4 is 26.0 Å². The molecule has 0 aliphatic heterocycles. The highest BCUT2D eigenvalue weighted by Crippen LogP contribution is 2.14. The van der Waals surface area contributed by atoms with Crippen molar-refractivity contribution in [2.24, 2.45) is 0 Å². The van der Waals surface area contributed by atoms with Crippen LogP contribution in [0, 0.1) is 12.7 Å². The van der Waals surface area contributed by atoms with Crippen LogP contribution in [0.4, 0.5) is 4.39 Å². The van der Waals surface area contributed by atoms with Gasteiger partial charge in [0.05, 0.1) is 19.6 Å². The molecule has 37 heavy (non-hydrogen) atoms. The van der Waals surface area contributed by atoms with Crippen LogP contribution in [0.25, 0.3) is 0 Å². The first kappa shape index (κ1) is 27.8. The molecule has 0 saturated carbocycles. The Morgan fingerprint density at radius 1 is 0.946 bits per heavy atom. The molecular formula is C28H31FN3O4P. The van der Waals surface area contributed by atoms with E-state index < -0.39 is 23.7 Å². The van der Waals surface area contributed by atoms with Crippen LogP contribution in [0.15, 0.2) is 72.8 Å². The monoisotopic (exact) mass is 523 g/mol. The standard InChI is InChI=1S/C28H31FN3O4P/c1-19-8-10-23(11-9-19)36-13-5-12-30-28(35)27(21-6-3-2-4-7-21)32-26(34)18-31-25(33)16-20-14-22(29)17-24(37)15-20/h2-4,6-11,14-15,17,27H,5,12-13,16,18,37H2,1H3,(H,30,35)(H,31,33)(H,32,34). The van der Waals surface area contributed by atoms with E-state index in [0.29, 0.717) is 36.0 Å². The van der Waals surface area contributed by atoms with E-state index in [2.05, 4.69) is 25.2 Å². The molecule has 3 rings (SSSR count). The van der Waals surface area contributed by atoms with Gasteiger partial charge in [-0.05, 0) is 54.0 Å². The van der Waals surface area contributed by atoms with Gasteiger partial charge in [0.15, 0.2) is 0 Å². The summed E-state index contributed by atoms with van der Waals surface area (Å²) in [7, 11) is 2.38. The Kier molecular flexibility index (Phi) is 10.6. The number of aryl methyl sites for hydroxylation is 1. The fourth-order valence-corrected chi connectivity index (χ4v) is 3.95. The average Bonchev–Trinajstić information content (AvgIpc) is 2.86. The van der Waals surface area contributed by atoms with Gasteiger partial charge in [-0.1, -0.05) is 54.1 Å². The molecule has 0 aliphatic rings. The van der Waals surface area contributed by atoms with Crippen molar-refractivity contribution in [2.75, 3.05) is 19.7 Å². The molecule has 194 valence electrons. The Morgan fingerprint density at radius 2 is 1.68 bits per heavy atom. The third kappa shape index (κ3) is 9.66. The largest absolute Gasteiger partial charge is 0.494 e. The predicted molar refractivity (Wildman–Crippen MR) is 144 cm³/mol. The summed E-state index contributed by atoms with van der Waals surface area (Å²) in [5.41, 5.74) is 2.26. The molecule has 0 aliphatic carbocycles. The average molecular weight is 524 g/mol. The van der Waals surface area contributed by atoms with Crippen molar-refractivity contribution < 1.29 is 23.5 Å². The Morgan fingerprint density at radius 3 is 2.38 bits per heavy atom. The molecule has 0 aromatic heterocycles. The summed E-state index contributed by atoms with van der Waals surface area (Å²) in [5.74, 6) is -0.995. The Labute approximate surface area is 218 Å². The minimum atomic E-state index is -0.925. The molecule has 0 bridgehead atoms. The molecule has 0 saturated heterocycles. The highest BCUT2D eigenvalue weighted by molar-refractivity contribution is 7.27. The second kappa shape index (κ2) is 14.1. The summed E-state index contributed by atoms with van der Waals surface area (Å²) in [6, 6.07) is 19.9. The van der Waals surface area contributed by atoms with E-state index in [4.69, 9.17) is 4.74 Å². The van der Waals surface area contributed by atoms with Crippen LogP contribution in [0.5, 0.6) is 5.75 Å². The van der Waals surface area contributed by atoms with Gasteiger partial charge in [0, 0.05) is 6.54 Å². The maximum Gasteiger partial charge on any atom is 0.247 e. The van der Waals surface area contributed by atoms with Gasteiger partial charge in [0.25, 0.3) is 0 Å². The number of carbonyl (C=O) groups is 3. The maximum atomic E-state index is 13.5. The Hall–Kier alpha value is -3.77. The van der Waals surface area contributed by atoms with E-state index in [0.717, 1.165) is 11.3 Å². The van der Waals surface area contributed by atoms with E-state index in [-0.39, 0.29) is 18.9 Å². The molecule has 3 amide bonds. The van der Waals surface area contributed by atoms with Gasteiger partial charge < -0.3 is 20.7 Å². The van der Waals surface area contributed by atoms with Gasteiger partial charge >= 0.3 is 0 Å². The Bertz CT molecular complexity index is 1190. The normalized spacial score (nSPS) is 11.3. The smallest absolute Gasteiger partial charge is 0.247 e. The third-order valence-corrected chi connectivity index (χ3v) is 5.73. The molecule has 3 N–H and O–H groups in total. The van der Waals surface area contributed by atoms with Crippen LogP contribution in [0.3, 0.4) is 0 Å². The summed E-state index contributed by atoms with van der Waals surface area (Å²) < 4.78 is 19.2. The third-order valence-electron chi connectivity index (χ3n) is 5.40. The van der Waals surface area contributed by atoms with E-state index in [1.54, 1.807) is 30.3 Å². The number of nitrogens with one attached hydrogen (secondary N) is 3. The van der Waals surface area contributed by atoms with Crippen molar-refractivity contribution in [3.8, 4) is 5.75 Å². The number of amides is 3. The van der Waals surface area contributed by atoms with Gasteiger partial charge in [-0.2, -0.15) is 0 Å². The molecule has 0 heterocycles. The maximum absolute atomic E-state index is 13.5. The number of ether oxygens (including phenoxy) is 1. The van der Waals surface area contributed by atoms with Crippen molar-refractivity contribution in [3.63, 3.8) is 0 Å². The minimum Gasteiger partial charge on any atom is -0.494 e. The van der Waals surface area contributed by atoms with Gasteiger partial charge in [0.2, 0.25) is 17.7 Å². The van der Waals surface area contributed by atoms with E-state index in [1.807, 2.05) is 37.3 Å². The molecular weight excluding hydrogens is 492 g/mol. The summed E-state index contributed by atoms with van der Waals surface area (Å²) >= 11 is 0. The van der Waals surface area contributed by atoms with Gasteiger partial charge in [-0.25, -0.2) is 4.39 Å². The van der Waals surface area contributed by atoms with Crippen molar-refractivity contribution in [1.29, 1.82) is 0 Å². The lowest BCUT2D eigenvalue weighted by atomic mass is 10.1. The second-order valence-electron chi connectivity index (χ2n) is 8.56. The lowest BCUT2D eigenvalue weighted by Gasteiger charge is -2.19. The van der Waals surface area contributed by atoms with Crippen LogP contribution in [0.2, 0.25) is 0 Å². The summed E-state index contributed by atoms with van der Waals surface area (Å²) in [4.78, 5) is 37.7. The second-order valence-corrected chi connectivity index (χ2v) is 9.23. The molecule has 2 atom stereocenters. The predicted octanol–water partition coefficient (Wildman–Crippen LogP) is 2.74. The fourth-order valence-electron chi connectivity index (χ4n) is 3.57. The van der Waals surface area contributed by atoms with Crippen molar-refractivity contribution in [1.82, 2.24) is 16.0 Å². The van der Waals surface area contributed by atoms with Crippen molar-refractivity contribution >= 4 is 32.3 Å². The highest BCUT2D eigenvalue weighted by atomic mass is 31.0. The van der Waals surface area contributed by atoms with Crippen LogP contribution in [-0.2, 0) is 20.8 Å². The number of halogens is 1. The van der Waals surface area contributed by atoms with E-state index in [1.165, 1.54) is 12.1 Å². The minimum absolute atomic E-state index is 0.0697. The summed E-state index contributed by atoms with van der Waals surface area (Å²) in [6.07, 6.45) is 0.517. The molecule has 3 aromatic carbocycles. The topological polar surface area (TPSA) is 96.5 Å². The lowest BCUT2D eigenvalue weighted by Crippen LogP contribution is -2.44. The van der Waals surface area contributed by atoms with Crippen LogP contribution in [0.1, 0.15) is 29.2 Å². The first-order chi connectivity index (χ1) is 17.8. The van der Waals surface area contributed by atoms with Crippen LogP contribution in [-0.4, -0.2) is 37.4 Å². The lowest BCUT2D eigenvalue weighted by molar-refractivity contribution is -0.129. The first-order valence-corrected chi connectivity index (χ1v) is 12.5. The van der Waals surface area contributed by atoms with Crippen molar-refractivity contribution in [2.45, 2.75) is 25.8 Å². The number of benzene rings is 3. The van der Waals surface area contributed by atoms with Crippen LogP contribution >= 0.6 is 9.24 Å². The molecule has 9 heteroatoms. The summed E-state index contributed by atoms with van der Waals surface area (Å²) in [6.45, 7) is 2.48. The number of hydrogen-bond donors (Lipinski definition) is 3. The zero-order chi connectivity index (χ0) is 26.6. The molecule has 3 aromatic rings. The molecule has 7 nitrogen and oxygen atoms in total. The van der Waals surface area contributed by atoms with E-state index >= 15 is 0 Å². The number of hydrogen-bond acceptors (Lipinski definition) is 4. The summed E-state index contributed by atoms with van der Waals surface area (Å²) in [5, 5.41) is 8.65. The van der Waals surface area contributed by atoms with E-state index in [9.17, 15) is 18.8 Å². The number of carbonyl (C=O) groups excluding carboxylic acids is 3. The first-order valence-electron chi connectivity index (χ1n) is 11.9. The molecule has 0 radical (unpaired) electrons. The van der Waals surface area contributed by atoms with Gasteiger partial charge in [-0.15, -0.1) is 9.24 Å².